The van der Waals surface area contributed by atoms with Crippen LogP contribution in [0.15, 0.2) is 47.6 Å². The zero-order chi connectivity index (χ0) is 16.2. The fourth-order valence-electron chi connectivity index (χ4n) is 1.65. The normalized spacial score (nSPS) is 12.3. The Morgan fingerprint density at radius 1 is 1.18 bits per heavy atom. The van der Waals surface area contributed by atoms with Crippen molar-refractivity contribution in [3.8, 4) is 5.75 Å². The van der Waals surface area contributed by atoms with Crippen LogP contribution in [0.3, 0.4) is 0 Å². The first-order valence-electron chi connectivity index (χ1n) is 6.38. The second-order valence-electron chi connectivity index (χ2n) is 4.53. The molecule has 22 heavy (non-hydrogen) atoms. The van der Waals surface area contributed by atoms with Gasteiger partial charge in [0.2, 0.25) is 0 Å². The molecule has 1 amide bonds. The number of hydrazone groups is 1. The molecule has 0 fully saturated rings. The van der Waals surface area contributed by atoms with Gasteiger partial charge >= 0.3 is 6.18 Å². The summed E-state index contributed by atoms with van der Waals surface area (Å²) < 4.78 is 41.8. The average molecular weight is 310 g/mol. The van der Waals surface area contributed by atoms with Crippen LogP contribution in [0.5, 0.6) is 5.75 Å². The van der Waals surface area contributed by atoms with E-state index in [1.165, 1.54) is 0 Å². The summed E-state index contributed by atoms with van der Waals surface area (Å²) in [6, 6.07) is 12.8. The van der Waals surface area contributed by atoms with Gasteiger partial charge in [-0.05, 0) is 29.8 Å². The predicted octanol–water partition coefficient (Wildman–Crippen LogP) is 3.27. The van der Waals surface area contributed by atoms with Gasteiger partial charge in [0, 0.05) is 0 Å². The first kappa shape index (κ1) is 15.8. The van der Waals surface area contributed by atoms with Crippen LogP contribution >= 0.6 is 0 Å². The minimum atomic E-state index is -4.56. The van der Waals surface area contributed by atoms with Crippen molar-refractivity contribution in [3.05, 3.63) is 42.5 Å². The molecule has 2 rings (SSSR count). The molecule has 0 heterocycles. The van der Waals surface area contributed by atoms with Crippen molar-refractivity contribution < 1.29 is 22.7 Å². The number of carbonyl (C=O) groups is 1. The molecule has 0 aliphatic heterocycles. The fourth-order valence-corrected chi connectivity index (χ4v) is 1.65. The number of nitrogens with zero attached hydrogens (tertiary/aromatic N) is 1. The van der Waals surface area contributed by atoms with E-state index in [9.17, 15) is 18.0 Å². The molecule has 2 aromatic rings. The molecule has 0 radical (unpaired) electrons. The summed E-state index contributed by atoms with van der Waals surface area (Å²) in [7, 11) is 0. The molecule has 0 saturated heterocycles. The van der Waals surface area contributed by atoms with Gasteiger partial charge in [-0.2, -0.15) is 18.3 Å². The Morgan fingerprint density at radius 2 is 1.86 bits per heavy atom. The van der Waals surface area contributed by atoms with Gasteiger partial charge in [-0.1, -0.05) is 30.3 Å². The Labute approximate surface area is 124 Å². The minimum absolute atomic E-state index is 0.424. The monoisotopic (exact) mass is 310 g/mol. The molecule has 0 atom stereocenters. The van der Waals surface area contributed by atoms with E-state index in [1.807, 2.05) is 30.3 Å². The summed E-state index contributed by atoms with van der Waals surface area (Å²) in [5, 5.41) is 4.92. The zero-order valence-electron chi connectivity index (χ0n) is 11.6. The maximum absolute atomic E-state index is 12.2. The van der Waals surface area contributed by atoms with E-state index in [4.69, 9.17) is 4.74 Å². The first-order chi connectivity index (χ1) is 10.4. The number of nitrogens with one attached hydrogen (secondary N) is 1. The Hall–Kier alpha value is -2.57. The molecule has 0 aliphatic carbocycles. The van der Waals surface area contributed by atoms with E-state index in [0.717, 1.165) is 17.7 Å². The van der Waals surface area contributed by atoms with Crippen molar-refractivity contribution in [1.82, 2.24) is 5.43 Å². The highest BCUT2D eigenvalue weighted by Gasteiger charge is 2.32. The van der Waals surface area contributed by atoms with Crippen LogP contribution in [-0.4, -0.2) is 24.4 Å². The third-order valence-electron chi connectivity index (χ3n) is 2.85. The summed E-state index contributed by atoms with van der Waals surface area (Å²) in [6.45, 7) is 0.345. The van der Waals surface area contributed by atoms with Crippen molar-refractivity contribution in [1.29, 1.82) is 0 Å². The molecular weight excluding hydrogens is 297 g/mol. The van der Waals surface area contributed by atoms with E-state index in [2.05, 4.69) is 5.10 Å². The van der Waals surface area contributed by atoms with Gasteiger partial charge in [-0.3, -0.25) is 4.79 Å². The lowest BCUT2D eigenvalue weighted by Crippen LogP contribution is -2.29. The summed E-state index contributed by atoms with van der Waals surface area (Å²) >= 11 is 0. The standard InChI is InChI=1S/C15H13F3N2O2/c1-10(15(16,17)18)19-20-14(21)9-22-13-7-6-11-4-2-3-5-12(11)8-13/h2-8H,9H2,1H3,(H,20,21)/b19-10-. The first-order valence-corrected chi connectivity index (χ1v) is 6.38. The quantitative estimate of drug-likeness (QED) is 0.696. The Balaban J connectivity index is 1.93. The van der Waals surface area contributed by atoms with Gasteiger partial charge in [0.15, 0.2) is 6.61 Å². The van der Waals surface area contributed by atoms with Crippen molar-refractivity contribution in [3.63, 3.8) is 0 Å². The van der Waals surface area contributed by atoms with E-state index >= 15 is 0 Å². The van der Waals surface area contributed by atoms with E-state index in [-0.39, 0.29) is 0 Å². The molecule has 0 unspecified atom stereocenters. The van der Waals surface area contributed by atoms with Gasteiger partial charge < -0.3 is 4.74 Å². The fraction of sp³-hybridized carbons (Fsp3) is 0.200. The molecule has 4 nitrogen and oxygen atoms in total. The Kier molecular flexibility index (Phi) is 4.65. The molecular formula is C15H13F3N2O2. The maximum Gasteiger partial charge on any atom is 0.430 e. The van der Waals surface area contributed by atoms with Gasteiger partial charge in [-0.25, -0.2) is 5.43 Å². The number of hydrogen-bond donors (Lipinski definition) is 1. The molecule has 0 aliphatic rings. The lowest BCUT2D eigenvalue weighted by Gasteiger charge is -2.08. The summed E-state index contributed by atoms with van der Waals surface area (Å²) in [6.07, 6.45) is -4.56. The predicted molar refractivity (Wildman–Crippen MR) is 76.7 cm³/mol. The molecule has 0 spiro atoms. The highest BCUT2D eigenvalue weighted by atomic mass is 19.4. The van der Waals surface area contributed by atoms with Gasteiger partial charge in [0.25, 0.3) is 5.91 Å². The van der Waals surface area contributed by atoms with Crippen LogP contribution in [0.2, 0.25) is 0 Å². The van der Waals surface area contributed by atoms with E-state index < -0.39 is 24.4 Å². The SMILES string of the molecule is C/C(=N/NC(=O)COc1ccc2ccccc2c1)C(F)(F)F. The minimum Gasteiger partial charge on any atom is -0.484 e. The smallest absolute Gasteiger partial charge is 0.430 e. The van der Waals surface area contributed by atoms with E-state index in [0.29, 0.717) is 5.75 Å². The topological polar surface area (TPSA) is 50.7 Å². The van der Waals surface area contributed by atoms with Crippen LogP contribution in [-0.2, 0) is 4.79 Å². The molecule has 0 bridgehead atoms. The van der Waals surface area contributed by atoms with Crippen LogP contribution < -0.4 is 10.2 Å². The van der Waals surface area contributed by atoms with Gasteiger partial charge in [0.1, 0.15) is 11.5 Å². The van der Waals surface area contributed by atoms with Crippen molar-refractivity contribution in [2.24, 2.45) is 5.10 Å². The molecule has 0 aromatic heterocycles. The number of hydrogen-bond acceptors (Lipinski definition) is 3. The number of benzene rings is 2. The van der Waals surface area contributed by atoms with E-state index in [1.54, 1.807) is 17.6 Å². The molecule has 0 saturated carbocycles. The van der Waals surface area contributed by atoms with Crippen molar-refractivity contribution >= 4 is 22.4 Å². The third kappa shape index (κ3) is 4.21. The number of carbonyl (C=O) groups excluding carboxylic acids is 1. The van der Waals surface area contributed by atoms with Crippen molar-refractivity contribution in [2.45, 2.75) is 13.1 Å². The largest absolute Gasteiger partial charge is 0.484 e. The number of fused-ring (bicyclic) bond motifs is 1. The number of rotatable bonds is 4. The molecule has 116 valence electrons. The number of halogens is 3. The Morgan fingerprint density at radius 3 is 2.55 bits per heavy atom. The summed E-state index contributed by atoms with van der Waals surface area (Å²) in [4.78, 5) is 11.4. The second kappa shape index (κ2) is 6.46. The molecule has 7 heteroatoms. The number of amides is 1. The van der Waals surface area contributed by atoms with Crippen LogP contribution in [0.4, 0.5) is 13.2 Å². The zero-order valence-corrected chi connectivity index (χ0v) is 11.6. The second-order valence-corrected chi connectivity index (χ2v) is 4.53. The Bertz CT molecular complexity index is 711. The van der Waals surface area contributed by atoms with Gasteiger partial charge in [-0.15, -0.1) is 0 Å². The molecule has 2 aromatic carbocycles. The third-order valence-corrected chi connectivity index (χ3v) is 2.85. The highest BCUT2D eigenvalue weighted by Crippen LogP contribution is 2.20. The van der Waals surface area contributed by atoms with Crippen molar-refractivity contribution in [2.75, 3.05) is 6.61 Å². The van der Waals surface area contributed by atoms with Crippen LogP contribution in [0, 0.1) is 0 Å². The lowest BCUT2D eigenvalue weighted by molar-refractivity contribution is -0.123. The van der Waals surface area contributed by atoms with Gasteiger partial charge in [0.05, 0.1) is 0 Å². The maximum atomic E-state index is 12.2. The lowest BCUT2D eigenvalue weighted by atomic mass is 10.1. The molecule has 1 N–H and O–H groups in total. The highest BCUT2D eigenvalue weighted by molar-refractivity contribution is 5.89. The summed E-state index contributed by atoms with van der Waals surface area (Å²) in [5.41, 5.74) is 0.668. The average Bonchev–Trinajstić information content (AvgIpc) is 2.49. The van der Waals surface area contributed by atoms with Crippen LogP contribution in [0.1, 0.15) is 6.92 Å². The number of ether oxygens (including phenoxy) is 1. The van der Waals surface area contributed by atoms with Crippen LogP contribution in [0.25, 0.3) is 10.8 Å². The number of alkyl halides is 3. The summed E-state index contributed by atoms with van der Waals surface area (Å²) in [5.74, 6) is -0.317.